The van der Waals surface area contributed by atoms with Crippen molar-refractivity contribution in [1.29, 1.82) is 0 Å². The average molecular weight is 420 g/mol. The van der Waals surface area contributed by atoms with E-state index in [4.69, 9.17) is 0 Å². The van der Waals surface area contributed by atoms with Crippen molar-refractivity contribution in [3.05, 3.63) is 112 Å². The summed E-state index contributed by atoms with van der Waals surface area (Å²) in [5.74, 6) is 0. The molecule has 1 unspecified atom stereocenters. The first-order chi connectivity index (χ1) is 14.4. The summed E-state index contributed by atoms with van der Waals surface area (Å²) in [5.41, 5.74) is 2.65. The minimum Gasteiger partial charge on any atom is -0.258 e. The molecule has 0 N–H and O–H groups in total. The van der Waals surface area contributed by atoms with E-state index < -0.39 is 21.0 Å². The molecule has 4 rings (SSSR count). The molecule has 1 aliphatic rings. The zero-order chi connectivity index (χ0) is 21.3. The molecular weight excluding hydrogens is 400 g/mol. The Balaban J connectivity index is 1.68. The van der Waals surface area contributed by atoms with E-state index in [2.05, 4.69) is 0 Å². The fraction of sp³-hybridized carbons (Fsp3) is 0.130. The minimum atomic E-state index is -3.71. The standard InChI is InChI=1S/C23H20N2O4S/c1-17-7-14-21(15-8-17)30(28,29)24-22(16-9-18-5-3-2-4-6-18)23(24)19-10-12-20(13-11-19)25(26)27/h2-16,22-23H,1H3/b16-9+/t22-,23+,24?/m1/s1. The van der Waals surface area contributed by atoms with E-state index >= 15 is 0 Å². The largest absolute Gasteiger partial charge is 0.269 e. The van der Waals surface area contributed by atoms with E-state index in [1.807, 2.05) is 49.4 Å². The number of benzene rings is 3. The third-order valence-electron chi connectivity index (χ3n) is 5.13. The van der Waals surface area contributed by atoms with Gasteiger partial charge < -0.3 is 0 Å². The molecule has 0 radical (unpaired) electrons. The Hall–Kier alpha value is -3.29. The van der Waals surface area contributed by atoms with Crippen LogP contribution in [-0.4, -0.2) is 23.7 Å². The normalized spacial score (nSPS) is 20.9. The number of nitro benzene ring substituents is 1. The summed E-state index contributed by atoms with van der Waals surface area (Å²) in [4.78, 5) is 10.7. The van der Waals surface area contributed by atoms with Crippen LogP contribution in [0.3, 0.4) is 0 Å². The Morgan fingerprint density at radius 2 is 1.57 bits per heavy atom. The molecule has 1 saturated heterocycles. The topological polar surface area (TPSA) is 80.3 Å². The zero-order valence-corrected chi connectivity index (χ0v) is 17.1. The van der Waals surface area contributed by atoms with Crippen LogP contribution >= 0.6 is 0 Å². The third kappa shape index (κ3) is 3.90. The molecule has 1 aliphatic heterocycles. The second kappa shape index (κ2) is 7.85. The first kappa shape index (κ1) is 20.0. The maximum absolute atomic E-state index is 13.3. The molecule has 0 bridgehead atoms. The lowest BCUT2D eigenvalue weighted by Crippen LogP contribution is -2.14. The highest BCUT2D eigenvalue weighted by atomic mass is 32.2. The summed E-state index contributed by atoms with van der Waals surface area (Å²) in [6, 6.07) is 21.7. The Kier molecular flexibility index (Phi) is 5.24. The Bertz CT molecular complexity index is 1190. The lowest BCUT2D eigenvalue weighted by molar-refractivity contribution is -0.384. The Morgan fingerprint density at radius 1 is 0.933 bits per heavy atom. The number of rotatable bonds is 6. The van der Waals surface area contributed by atoms with Crippen molar-refractivity contribution in [1.82, 2.24) is 4.31 Å². The molecule has 152 valence electrons. The highest BCUT2D eigenvalue weighted by Gasteiger charge is 2.54. The minimum absolute atomic E-state index is 0.0243. The molecule has 0 saturated carbocycles. The molecule has 1 heterocycles. The summed E-state index contributed by atoms with van der Waals surface area (Å²) in [6.07, 6.45) is 3.76. The Morgan fingerprint density at radius 3 is 2.17 bits per heavy atom. The SMILES string of the molecule is Cc1ccc(S(=O)(=O)N2[C@H](/C=C/c3ccccc3)[C@@H]2c2ccc([N+](=O)[O-])cc2)cc1. The summed E-state index contributed by atoms with van der Waals surface area (Å²) >= 11 is 0. The molecule has 0 aromatic heterocycles. The lowest BCUT2D eigenvalue weighted by atomic mass is 10.1. The van der Waals surface area contributed by atoms with Crippen LogP contribution in [0.2, 0.25) is 0 Å². The van der Waals surface area contributed by atoms with Crippen LogP contribution < -0.4 is 0 Å². The van der Waals surface area contributed by atoms with Gasteiger partial charge in [-0.05, 0) is 30.2 Å². The van der Waals surface area contributed by atoms with Crippen LogP contribution in [0, 0.1) is 17.0 Å². The molecule has 7 heteroatoms. The Labute approximate surface area is 175 Å². The second-order valence-electron chi connectivity index (χ2n) is 7.20. The van der Waals surface area contributed by atoms with E-state index in [-0.39, 0.29) is 16.6 Å². The molecule has 6 nitrogen and oxygen atoms in total. The van der Waals surface area contributed by atoms with Gasteiger partial charge in [-0.25, -0.2) is 8.42 Å². The van der Waals surface area contributed by atoms with Crippen LogP contribution in [0.1, 0.15) is 22.7 Å². The molecule has 0 spiro atoms. The van der Waals surface area contributed by atoms with Gasteiger partial charge in [0.1, 0.15) is 0 Å². The molecule has 1 fully saturated rings. The van der Waals surface area contributed by atoms with E-state index in [1.165, 1.54) is 16.4 Å². The number of hydrogen-bond acceptors (Lipinski definition) is 4. The number of nitrogens with zero attached hydrogens (tertiary/aromatic N) is 2. The van der Waals surface area contributed by atoms with Gasteiger partial charge in [-0.2, -0.15) is 4.31 Å². The number of aryl methyl sites for hydroxylation is 1. The first-order valence-electron chi connectivity index (χ1n) is 9.46. The van der Waals surface area contributed by atoms with E-state index in [1.54, 1.807) is 36.4 Å². The van der Waals surface area contributed by atoms with E-state index in [0.717, 1.165) is 16.7 Å². The second-order valence-corrected chi connectivity index (χ2v) is 9.05. The fourth-order valence-corrected chi connectivity index (χ4v) is 5.19. The molecular formula is C23H20N2O4S. The number of nitro groups is 1. The highest BCUT2D eigenvalue weighted by Crippen LogP contribution is 2.48. The maximum Gasteiger partial charge on any atom is 0.269 e. The zero-order valence-electron chi connectivity index (χ0n) is 16.3. The van der Waals surface area contributed by atoms with Crippen LogP contribution in [0.4, 0.5) is 5.69 Å². The monoisotopic (exact) mass is 420 g/mol. The van der Waals surface area contributed by atoms with Gasteiger partial charge in [-0.1, -0.05) is 72.3 Å². The van der Waals surface area contributed by atoms with Gasteiger partial charge >= 0.3 is 0 Å². The highest BCUT2D eigenvalue weighted by molar-refractivity contribution is 7.89. The van der Waals surface area contributed by atoms with Gasteiger partial charge in [-0.3, -0.25) is 10.1 Å². The quantitative estimate of drug-likeness (QED) is 0.328. The van der Waals surface area contributed by atoms with Crippen molar-refractivity contribution in [2.24, 2.45) is 0 Å². The third-order valence-corrected chi connectivity index (χ3v) is 7.02. The summed E-state index contributed by atoms with van der Waals surface area (Å²) < 4.78 is 28.0. The summed E-state index contributed by atoms with van der Waals surface area (Å²) in [5, 5.41) is 10.9. The van der Waals surface area contributed by atoms with Crippen molar-refractivity contribution < 1.29 is 13.3 Å². The van der Waals surface area contributed by atoms with Gasteiger partial charge in [0.05, 0.1) is 21.9 Å². The molecule has 3 aromatic carbocycles. The first-order valence-corrected chi connectivity index (χ1v) is 10.9. The molecule has 3 aromatic rings. The van der Waals surface area contributed by atoms with Crippen molar-refractivity contribution in [2.75, 3.05) is 0 Å². The summed E-state index contributed by atoms with van der Waals surface area (Å²) in [7, 11) is -3.71. The van der Waals surface area contributed by atoms with Crippen LogP contribution in [0.25, 0.3) is 6.08 Å². The van der Waals surface area contributed by atoms with Gasteiger partial charge in [0.15, 0.2) is 0 Å². The van der Waals surface area contributed by atoms with Crippen molar-refractivity contribution >= 4 is 21.8 Å². The maximum atomic E-state index is 13.3. The van der Waals surface area contributed by atoms with Gasteiger partial charge in [0.25, 0.3) is 5.69 Å². The van der Waals surface area contributed by atoms with Gasteiger partial charge in [0, 0.05) is 12.1 Å². The molecule has 0 aliphatic carbocycles. The molecule has 3 atom stereocenters. The van der Waals surface area contributed by atoms with Gasteiger partial charge in [-0.15, -0.1) is 0 Å². The van der Waals surface area contributed by atoms with E-state index in [9.17, 15) is 18.5 Å². The average Bonchev–Trinajstić information content (AvgIpc) is 3.49. The molecule has 0 amide bonds. The number of hydrogen-bond donors (Lipinski definition) is 0. The predicted molar refractivity (Wildman–Crippen MR) is 115 cm³/mol. The van der Waals surface area contributed by atoms with Crippen LogP contribution in [0.5, 0.6) is 0 Å². The van der Waals surface area contributed by atoms with Crippen molar-refractivity contribution in [3.8, 4) is 0 Å². The number of sulfonamides is 1. The van der Waals surface area contributed by atoms with Crippen molar-refractivity contribution in [3.63, 3.8) is 0 Å². The smallest absolute Gasteiger partial charge is 0.258 e. The van der Waals surface area contributed by atoms with Crippen molar-refractivity contribution in [2.45, 2.75) is 23.9 Å². The molecule has 30 heavy (non-hydrogen) atoms. The summed E-state index contributed by atoms with van der Waals surface area (Å²) in [6.45, 7) is 1.90. The van der Waals surface area contributed by atoms with E-state index in [0.29, 0.717) is 0 Å². The fourth-order valence-electron chi connectivity index (χ4n) is 3.47. The number of non-ortho nitro benzene ring substituents is 1. The van der Waals surface area contributed by atoms with Crippen LogP contribution in [-0.2, 0) is 10.0 Å². The van der Waals surface area contributed by atoms with Crippen LogP contribution in [0.15, 0.2) is 89.8 Å². The lowest BCUT2D eigenvalue weighted by Gasteiger charge is -2.07. The van der Waals surface area contributed by atoms with Gasteiger partial charge in [0.2, 0.25) is 10.0 Å². The predicted octanol–water partition coefficient (Wildman–Crippen LogP) is 4.73.